The minimum absolute atomic E-state index is 0.0885. The number of alkyl halides is 3. The second kappa shape index (κ2) is 4.15. The van der Waals surface area contributed by atoms with Gasteiger partial charge in [-0.25, -0.2) is 0 Å². The van der Waals surface area contributed by atoms with Gasteiger partial charge in [-0.1, -0.05) is 46.4 Å². The minimum atomic E-state index is -1.84. The predicted molar refractivity (Wildman–Crippen MR) is 58.1 cm³/mol. The van der Waals surface area contributed by atoms with E-state index in [4.69, 9.17) is 34.8 Å². The van der Waals surface area contributed by atoms with Crippen LogP contribution in [-0.4, -0.2) is 14.0 Å². The van der Waals surface area contributed by atoms with E-state index in [1.54, 1.807) is 12.1 Å². The lowest BCUT2D eigenvalue weighted by atomic mass is 10.1. The van der Waals surface area contributed by atoms with Gasteiger partial charge in [0.1, 0.15) is 11.9 Å². The Labute approximate surface area is 97.0 Å². The molecular formula is C9H9Cl3O2. The Morgan fingerprint density at radius 3 is 2.36 bits per heavy atom. The van der Waals surface area contributed by atoms with Crippen molar-refractivity contribution in [3.05, 3.63) is 29.3 Å². The van der Waals surface area contributed by atoms with Crippen LogP contribution in [0.4, 0.5) is 0 Å². The minimum Gasteiger partial charge on any atom is -0.508 e. The summed E-state index contributed by atoms with van der Waals surface area (Å²) in [7, 11) is 0. The molecule has 2 N–H and O–H groups in total. The summed E-state index contributed by atoms with van der Waals surface area (Å²) in [5.41, 5.74) is 1.08. The number of phenols is 1. The maximum absolute atomic E-state index is 9.61. The van der Waals surface area contributed by atoms with Gasteiger partial charge >= 0.3 is 0 Å². The Bertz CT molecular complexity index is 333. The highest BCUT2D eigenvalue weighted by atomic mass is 35.6. The van der Waals surface area contributed by atoms with Crippen molar-refractivity contribution < 1.29 is 10.2 Å². The zero-order valence-corrected chi connectivity index (χ0v) is 9.61. The lowest BCUT2D eigenvalue weighted by Gasteiger charge is -2.20. The number of aliphatic hydroxyl groups excluding tert-OH is 1. The van der Waals surface area contributed by atoms with E-state index in [1.807, 2.05) is 6.92 Å². The Balaban J connectivity index is 3.12. The van der Waals surface area contributed by atoms with Crippen LogP contribution in [0.3, 0.4) is 0 Å². The van der Waals surface area contributed by atoms with E-state index in [1.165, 1.54) is 6.07 Å². The smallest absolute Gasteiger partial charge is 0.220 e. The van der Waals surface area contributed by atoms with Crippen molar-refractivity contribution in [3.63, 3.8) is 0 Å². The molecule has 5 heteroatoms. The molecule has 0 spiro atoms. The summed E-state index contributed by atoms with van der Waals surface area (Å²) >= 11 is 16.5. The molecule has 0 saturated heterocycles. The molecule has 0 aliphatic heterocycles. The maximum Gasteiger partial charge on any atom is 0.220 e. The highest BCUT2D eigenvalue weighted by Crippen LogP contribution is 2.42. The molecule has 0 aliphatic carbocycles. The Hall–Kier alpha value is -0.150. The standard InChI is InChI=1S/C9H9Cl3O2/c1-5-2-3-7(13)6(4-5)8(14)9(10,11)12/h2-4,8,13-14H,1H3. The summed E-state index contributed by atoms with van der Waals surface area (Å²) in [6.45, 7) is 1.81. The molecule has 0 heterocycles. The molecule has 0 bridgehead atoms. The van der Waals surface area contributed by atoms with E-state index < -0.39 is 9.90 Å². The molecular weight excluding hydrogens is 246 g/mol. The van der Waals surface area contributed by atoms with E-state index >= 15 is 0 Å². The molecule has 0 aliphatic rings. The largest absolute Gasteiger partial charge is 0.508 e. The molecule has 0 fully saturated rings. The molecule has 1 aromatic carbocycles. The van der Waals surface area contributed by atoms with Crippen LogP contribution in [0, 0.1) is 6.92 Å². The van der Waals surface area contributed by atoms with Crippen LogP contribution in [0.2, 0.25) is 0 Å². The fourth-order valence-electron chi connectivity index (χ4n) is 1.07. The summed E-state index contributed by atoms with van der Waals surface area (Å²) in [6.07, 6.45) is -1.34. The molecule has 2 nitrogen and oxygen atoms in total. The fourth-order valence-corrected chi connectivity index (χ4v) is 1.42. The number of rotatable bonds is 1. The van der Waals surface area contributed by atoms with Gasteiger partial charge in [-0.15, -0.1) is 0 Å². The monoisotopic (exact) mass is 254 g/mol. The number of halogens is 3. The van der Waals surface area contributed by atoms with E-state index in [0.29, 0.717) is 0 Å². The average molecular weight is 256 g/mol. The van der Waals surface area contributed by atoms with Crippen LogP contribution >= 0.6 is 34.8 Å². The van der Waals surface area contributed by atoms with Crippen molar-refractivity contribution in [2.24, 2.45) is 0 Å². The van der Waals surface area contributed by atoms with Gasteiger partial charge in [-0.3, -0.25) is 0 Å². The normalized spacial score (nSPS) is 14.1. The highest BCUT2D eigenvalue weighted by Gasteiger charge is 2.33. The van der Waals surface area contributed by atoms with Gasteiger partial charge in [0, 0.05) is 5.56 Å². The number of aliphatic hydroxyl groups is 1. The highest BCUT2D eigenvalue weighted by molar-refractivity contribution is 6.68. The molecule has 14 heavy (non-hydrogen) atoms. The third-order valence-corrected chi connectivity index (χ3v) is 2.41. The molecule has 1 aromatic rings. The quantitative estimate of drug-likeness (QED) is 0.757. The number of phenolic OH excluding ortho intramolecular Hbond substituents is 1. The molecule has 1 rings (SSSR count). The van der Waals surface area contributed by atoms with E-state index in [9.17, 15) is 10.2 Å². The van der Waals surface area contributed by atoms with Gasteiger partial charge in [0.05, 0.1) is 0 Å². The van der Waals surface area contributed by atoms with Gasteiger partial charge in [0.2, 0.25) is 3.79 Å². The van der Waals surface area contributed by atoms with E-state index in [2.05, 4.69) is 0 Å². The van der Waals surface area contributed by atoms with Gasteiger partial charge in [-0.05, 0) is 19.1 Å². The molecule has 1 unspecified atom stereocenters. The van der Waals surface area contributed by atoms with Gasteiger partial charge in [0.25, 0.3) is 0 Å². The summed E-state index contributed by atoms with van der Waals surface area (Å²) in [4.78, 5) is 0. The molecule has 0 saturated carbocycles. The number of aromatic hydroxyl groups is 1. The molecule has 0 aromatic heterocycles. The SMILES string of the molecule is Cc1ccc(O)c(C(O)C(Cl)(Cl)Cl)c1. The van der Waals surface area contributed by atoms with Gasteiger partial charge in [-0.2, -0.15) is 0 Å². The predicted octanol–water partition coefficient (Wildman–Crippen LogP) is 3.10. The van der Waals surface area contributed by atoms with Crippen molar-refractivity contribution in [1.82, 2.24) is 0 Å². The topological polar surface area (TPSA) is 40.5 Å². The van der Waals surface area contributed by atoms with Crippen LogP contribution < -0.4 is 0 Å². The first-order valence-electron chi connectivity index (χ1n) is 3.86. The number of benzene rings is 1. The summed E-state index contributed by atoms with van der Waals surface area (Å²) in [5, 5.41) is 19.0. The molecule has 1 atom stereocenters. The lowest BCUT2D eigenvalue weighted by Crippen LogP contribution is -2.16. The van der Waals surface area contributed by atoms with Crippen LogP contribution in [-0.2, 0) is 0 Å². The zero-order valence-electron chi connectivity index (χ0n) is 7.34. The van der Waals surface area contributed by atoms with Crippen LogP contribution in [0.1, 0.15) is 17.2 Å². The summed E-state index contributed by atoms with van der Waals surface area (Å²) < 4.78 is -1.84. The number of aryl methyl sites for hydroxylation is 1. The average Bonchev–Trinajstić information content (AvgIpc) is 2.06. The number of hydrogen-bond donors (Lipinski definition) is 2. The van der Waals surface area contributed by atoms with Crippen LogP contribution in [0.15, 0.2) is 18.2 Å². The molecule has 0 radical (unpaired) electrons. The number of hydrogen-bond acceptors (Lipinski definition) is 2. The van der Waals surface area contributed by atoms with E-state index in [-0.39, 0.29) is 11.3 Å². The van der Waals surface area contributed by atoms with Gasteiger partial charge < -0.3 is 10.2 Å². The summed E-state index contributed by atoms with van der Waals surface area (Å²) in [5.74, 6) is -0.0885. The Morgan fingerprint density at radius 1 is 1.29 bits per heavy atom. The third-order valence-electron chi connectivity index (χ3n) is 1.79. The van der Waals surface area contributed by atoms with Crippen molar-refractivity contribution in [2.45, 2.75) is 16.8 Å². The fraction of sp³-hybridized carbons (Fsp3) is 0.333. The third kappa shape index (κ3) is 2.67. The molecule has 0 amide bonds. The first-order valence-corrected chi connectivity index (χ1v) is 5.00. The first-order chi connectivity index (χ1) is 6.32. The second-order valence-corrected chi connectivity index (χ2v) is 5.38. The van der Waals surface area contributed by atoms with Crippen LogP contribution in [0.5, 0.6) is 5.75 Å². The van der Waals surface area contributed by atoms with E-state index in [0.717, 1.165) is 5.56 Å². The molecule has 78 valence electrons. The van der Waals surface area contributed by atoms with Gasteiger partial charge in [0.15, 0.2) is 0 Å². The second-order valence-electron chi connectivity index (χ2n) is 3.01. The maximum atomic E-state index is 9.61. The Morgan fingerprint density at radius 2 is 1.86 bits per heavy atom. The lowest BCUT2D eigenvalue weighted by molar-refractivity contribution is 0.178. The van der Waals surface area contributed by atoms with Crippen molar-refractivity contribution >= 4 is 34.8 Å². The van der Waals surface area contributed by atoms with Crippen molar-refractivity contribution in [1.29, 1.82) is 0 Å². The summed E-state index contributed by atoms with van der Waals surface area (Å²) in [6, 6.07) is 4.72. The zero-order chi connectivity index (χ0) is 10.9. The van der Waals surface area contributed by atoms with Crippen molar-refractivity contribution in [3.8, 4) is 5.75 Å². The Kier molecular flexibility index (Phi) is 3.53. The van der Waals surface area contributed by atoms with Crippen LogP contribution in [0.25, 0.3) is 0 Å². The first kappa shape index (κ1) is 11.9. The van der Waals surface area contributed by atoms with Crippen molar-refractivity contribution in [2.75, 3.05) is 0 Å².